The van der Waals surface area contributed by atoms with E-state index in [1.165, 1.54) is 11.3 Å². The lowest BCUT2D eigenvalue weighted by Crippen LogP contribution is -2.32. The normalized spacial score (nSPS) is 20.9. The Kier molecular flexibility index (Phi) is 5.01. The molecule has 4 N–H and O–H groups in total. The second kappa shape index (κ2) is 6.74. The molecule has 0 aromatic carbocycles. The van der Waals surface area contributed by atoms with Gasteiger partial charge in [0.05, 0.1) is 0 Å². The maximum Gasteiger partial charge on any atom is 0.243 e. The van der Waals surface area contributed by atoms with Crippen LogP contribution in [0.25, 0.3) is 0 Å². The summed E-state index contributed by atoms with van der Waals surface area (Å²) < 4.78 is 28.4. The van der Waals surface area contributed by atoms with Gasteiger partial charge in [-0.25, -0.2) is 13.1 Å². The molecule has 1 aromatic heterocycles. The number of hydrogen-bond acceptors (Lipinski definition) is 5. The summed E-state index contributed by atoms with van der Waals surface area (Å²) in [4.78, 5) is 13.4. The molecule has 1 saturated carbocycles. The Morgan fingerprint density at radius 2 is 2.04 bits per heavy atom. The molecule has 1 amide bonds. The molecule has 8 heteroatoms. The van der Waals surface area contributed by atoms with Crippen molar-refractivity contribution in [2.45, 2.75) is 56.9 Å². The average molecular weight is 372 g/mol. The largest absolute Gasteiger partial charge is 0.327 e. The lowest BCUT2D eigenvalue weighted by Gasteiger charge is -2.19. The number of fused-ring (bicyclic) bond motifs is 1. The fourth-order valence-corrected chi connectivity index (χ4v) is 6.04. The smallest absolute Gasteiger partial charge is 0.243 e. The Morgan fingerprint density at radius 3 is 2.67 bits per heavy atom. The van der Waals surface area contributed by atoms with Crippen molar-refractivity contribution in [1.29, 1.82) is 0 Å². The van der Waals surface area contributed by atoms with Crippen molar-refractivity contribution in [2.24, 2.45) is 17.6 Å². The fourth-order valence-electron chi connectivity index (χ4n) is 2.86. The van der Waals surface area contributed by atoms with E-state index < -0.39 is 10.0 Å². The van der Waals surface area contributed by atoms with Crippen LogP contribution in [0.1, 0.15) is 43.6 Å². The van der Waals surface area contributed by atoms with E-state index in [-0.39, 0.29) is 28.7 Å². The van der Waals surface area contributed by atoms with Gasteiger partial charge in [-0.2, -0.15) is 0 Å². The van der Waals surface area contributed by atoms with Crippen LogP contribution in [0.2, 0.25) is 0 Å². The van der Waals surface area contributed by atoms with Crippen molar-refractivity contribution in [3.05, 3.63) is 10.4 Å². The maximum absolute atomic E-state index is 12.9. The molecule has 2 aliphatic rings. The molecule has 0 aliphatic heterocycles. The Morgan fingerprint density at radius 1 is 1.33 bits per heavy atom. The van der Waals surface area contributed by atoms with Gasteiger partial charge in [-0.05, 0) is 43.6 Å². The number of sulfonamides is 1. The standard InChI is InChI=1S/C16H25N3O3S2/c1-9(2)8-18-24(21,22)14-12-7-11(17)5-6-13(12)23-16(14)19-15(20)10-3-4-10/h9-11,18H,3-8,17H2,1-2H3,(H,19,20). The number of aryl methyl sites for hydroxylation is 1. The van der Waals surface area contributed by atoms with Crippen molar-refractivity contribution >= 4 is 32.3 Å². The van der Waals surface area contributed by atoms with Crippen LogP contribution in [0.15, 0.2) is 4.90 Å². The lowest BCUT2D eigenvalue weighted by atomic mass is 9.95. The van der Waals surface area contributed by atoms with Crippen LogP contribution in [-0.2, 0) is 27.7 Å². The molecule has 1 fully saturated rings. The van der Waals surface area contributed by atoms with E-state index >= 15 is 0 Å². The van der Waals surface area contributed by atoms with Crippen molar-refractivity contribution in [2.75, 3.05) is 11.9 Å². The second-order valence-corrected chi connectivity index (χ2v) is 9.98. The molecule has 0 bridgehead atoms. The van der Waals surface area contributed by atoms with Crippen LogP contribution in [-0.4, -0.2) is 26.9 Å². The first-order chi connectivity index (χ1) is 11.3. The third kappa shape index (κ3) is 3.82. The number of carbonyl (C=O) groups excluding carboxylic acids is 1. The number of amides is 1. The zero-order valence-corrected chi connectivity index (χ0v) is 15.7. The van der Waals surface area contributed by atoms with Gasteiger partial charge in [0.15, 0.2) is 0 Å². The molecule has 0 saturated heterocycles. The molecule has 134 valence electrons. The van der Waals surface area contributed by atoms with Gasteiger partial charge in [-0.15, -0.1) is 11.3 Å². The van der Waals surface area contributed by atoms with Crippen LogP contribution in [0.4, 0.5) is 5.00 Å². The van der Waals surface area contributed by atoms with E-state index in [2.05, 4.69) is 10.0 Å². The minimum Gasteiger partial charge on any atom is -0.327 e. The summed E-state index contributed by atoms with van der Waals surface area (Å²) in [5, 5.41) is 3.32. The molecule has 0 spiro atoms. The van der Waals surface area contributed by atoms with Gasteiger partial charge < -0.3 is 11.1 Å². The monoisotopic (exact) mass is 371 g/mol. The van der Waals surface area contributed by atoms with E-state index in [1.807, 2.05) is 13.8 Å². The molecule has 24 heavy (non-hydrogen) atoms. The van der Waals surface area contributed by atoms with E-state index in [0.717, 1.165) is 36.1 Å². The van der Waals surface area contributed by atoms with Gasteiger partial charge in [0.2, 0.25) is 15.9 Å². The summed E-state index contributed by atoms with van der Waals surface area (Å²) in [6, 6.07) is -0.0295. The molecule has 1 aromatic rings. The highest BCUT2D eigenvalue weighted by molar-refractivity contribution is 7.90. The number of rotatable bonds is 6. The highest BCUT2D eigenvalue weighted by Crippen LogP contribution is 2.41. The minimum atomic E-state index is -3.67. The summed E-state index contributed by atoms with van der Waals surface area (Å²) in [7, 11) is -3.67. The van der Waals surface area contributed by atoms with Crippen LogP contribution < -0.4 is 15.8 Å². The van der Waals surface area contributed by atoms with Crippen LogP contribution >= 0.6 is 11.3 Å². The first-order valence-corrected chi connectivity index (χ1v) is 10.8. The molecule has 6 nitrogen and oxygen atoms in total. The third-order valence-corrected chi connectivity index (χ3v) is 7.26. The predicted molar refractivity (Wildman–Crippen MR) is 95.7 cm³/mol. The molecule has 0 radical (unpaired) electrons. The molecule has 2 aliphatic carbocycles. The summed E-state index contributed by atoms with van der Waals surface area (Å²) in [6.07, 6.45) is 3.93. The fraction of sp³-hybridized carbons (Fsp3) is 0.688. The van der Waals surface area contributed by atoms with Gasteiger partial charge >= 0.3 is 0 Å². The zero-order valence-electron chi connectivity index (χ0n) is 14.1. The lowest BCUT2D eigenvalue weighted by molar-refractivity contribution is -0.117. The van der Waals surface area contributed by atoms with Crippen LogP contribution in [0, 0.1) is 11.8 Å². The first kappa shape index (κ1) is 17.8. The van der Waals surface area contributed by atoms with E-state index in [9.17, 15) is 13.2 Å². The molecule has 1 heterocycles. The molecular formula is C16H25N3O3S2. The molecular weight excluding hydrogens is 346 g/mol. The highest BCUT2D eigenvalue weighted by atomic mass is 32.2. The van der Waals surface area contributed by atoms with Crippen molar-refractivity contribution in [1.82, 2.24) is 4.72 Å². The Bertz CT molecular complexity index is 736. The predicted octanol–water partition coefficient (Wildman–Crippen LogP) is 1.85. The van der Waals surface area contributed by atoms with Crippen molar-refractivity contribution < 1.29 is 13.2 Å². The number of hydrogen-bond donors (Lipinski definition) is 3. The Hall–Kier alpha value is -0.960. The molecule has 3 rings (SSSR count). The summed E-state index contributed by atoms with van der Waals surface area (Å²) >= 11 is 1.39. The molecule has 1 atom stereocenters. The van der Waals surface area contributed by atoms with Gasteiger partial charge in [-0.3, -0.25) is 4.79 Å². The Balaban J connectivity index is 1.97. The van der Waals surface area contributed by atoms with Crippen molar-refractivity contribution in [3.63, 3.8) is 0 Å². The summed E-state index contributed by atoms with van der Waals surface area (Å²) in [6.45, 7) is 4.28. The van der Waals surface area contributed by atoms with Gasteiger partial charge in [0.1, 0.15) is 9.90 Å². The Labute approximate surface area is 147 Å². The number of nitrogens with one attached hydrogen (secondary N) is 2. The van der Waals surface area contributed by atoms with E-state index in [4.69, 9.17) is 5.73 Å². The summed E-state index contributed by atoms with van der Waals surface area (Å²) in [5.74, 6) is 0.171. The first-order valence-electron chi connectivity index (χ1n) is 8.48. The third-order valence-electron chi connectivity index (χ3n) is 4.39. The van der Waals surface area contributed by atoms with Crippen LogP contribution in [0.3, 0.4) is 0 Å². The maximum atomic E-state index is 12.9. The van der Waals surface area contributed by atoms with Gasteiger partial charge in [0, 0.05) is 23.4 Å². The van der Waals surface area contributed by atoms with Gasteiger partial charge in [-0.1, -0.05) is 13.8 Å². The number of carbonyl (C=O) groups is 1. The minimum absolute atomic E-state index is 0.0295. The van der Waals surface area contributed by atoms with E-state index in [1.54, 1.807) is 0 Å². The zero-order chi connectivity index (χ0) is 17.5. The average Bonchev–Trinajstić information content (AvgIpc) is 3.27. The van der Waals surface area contributed by atoms with Crippen LogP contribution in [0.5, 0.6) is 0 Å². The number of nitrogens with two attached hydrogens (primary N) is 1. The topological polar surface area (TPSA) is 101 Å². The van der Waals surface area contributed by atoms with Gasteiger partial charge in [0.25, 0.3) is 0 Å². The van der Waals surface area contributed by atoms with Crippen molar-refractivity contribution in [3.8, 4) is 0 Å². The number of thiophene rings is 1. The quantitative estimate of drug-likeness (QED) is 0.710. The molecule has 1 unspecified atom stereocenters. The van der Waals surface area contributed by atoms with E-state index in [0.29, 0.717) is 18.0 Å². The second-order valence-electron chi connectivity index (χ2n) is 7.17. The highest BCUT2D eigenvalue weighted by Gasteiger charge is 2.35. The SMILES string of the molecule is CC(C)CNS(=O)(=O)c1c(NC(=O)C2CC2)sc2c1CC(N)CC2. The summed E-state index contributed by atoms with van der Waals surface area (Å²) in [5.41, 5.74) is 6.85. The number of anilines is 1.